The van der Waals surface area contributed by atoms with E-state index in [-0.39, 0.29) is 33.1 Å². The van der Waals surface area contributed by atoms with E-state index in [1.807, 2.05) is 0 Å². The molecule has 0 atom stereocenters. The van der Waals surface area contributed by atoms with Crippen LogP contribution in [-0.2, 0) is 14.4 Å². The van der Waals surface area contributed by atoms with Crippen molar-refractivity contribution < 1.29 is 23.5 Å². The van der Waals surface area contributed by atoms with Gasteiger partial charge in [-0.3, -0.25) is 14.4 Å². The van der Waals surface area contributed by atoms with Gasteiger partial charge in [-0.05, 0) is 42.5 Å². The van der Waals surface area contributed by atoms with Crippen molar-refractivity contribution in [3.8, 4) is 5.75 Å². The summed E-state index contributed by atoms with van der Waals surface area (Å²) in [6.45, 7) is -0.366. The Morgan fingerprint density at radius 1 is 0.914 bits per heavy atom. The van der Waals surface area contributed by atoms with Crippen LogP contribution in [0, 0.1) is 5.82 Å². The minimum Gasteiger partial charge on any atom is -0.483 e. The molecule has 0 bridgehead atoms. The highest BCUT2D eigenvalue weighted by molar-refractivity contribution is 6.45. The first kappa shape index (κ1) is 26.0. The van der Waals surface area contributed by atoms with Gasteiger partial charge in [-0.15, -0.1) is 0 Å². The molecule has 0 radical (unpaired) electrons. The van der Waals surface area contributed by atoms with Crippen molar-refractivity contribution in [2.45, 2.75) is 0 Å². The zero-order chi connectivity index (χ0) is 25.4. The van der Waals surface area contributed by atoms with Crippen LogP contribution < -0.4 is 20.8 Å². The number of carbonyl (C=O) groups is 3. The molecule has 3 amide bonds. The van der Waals surface area contributed by atoms with Crippen molar-refractivity contribution in [2.75, 3.05) is 17.2 Å². The van der Waals surface area contributed by atoms with Crippen molar-refractivity contribution in [1.29, 1.82) is 0 Å². The molecule has 0 unspecified atom stereocenters. The van der Waals surface area contributed by atoms with Gasteiger partial charge < -0.3 is 15.4 Å². The van der Waals surface area contributed by atoms with Crippen LogP contribution in [0.15, 0.2) is 65.8 Å². The molecule has 0 aromatic heterocycles. The Kier molecular flexibility index (Phi) is 9.02. The van der Waals surface area contributed by atoms with E-state index in [4.69, 9.17) is 39.5 Å². The number of hydrogen-bond acceptors (Lipinski definition) is 5. The lowest BCUT2D eigenvalue weighted by molar-refractivity contribution is -0.136. The third-order valence-electron chi connectivity index (χ3n) is 4.26. The maximum atomic E-state index is 13.2. The lowest BCUT2D eigenvalue weighted by Gasteiger charge is -2.10. The molecule has 0 heterocycles. The summed E-state index contributed by atoms with van der Waals surface area (Å²) in [5.74, 6) is -2.88. The van der Waals surface area contributed by atoms with Crippen LogP contribution in [0.1, 0.15) is 5.56 Å². The predicted octanol–water partition coefficient (Wildman–Crippen LogP) is 4.89. The van der Waals surface area contributed by atoms with Gasteiger partial charge in [-0.1, -0.05) is 53.0 Å². The highest BCUT2D eigenvalue weighted by atomic mass is 35.5. The Bertz CT molecular complexity index is 1300. The lowest BCUT2D eigenvalue weighted by Crippen LogP contribution is -2.32. The van der Waals surface area contributed by atoms with Gasteiger partial charge in [0, 0.05) is 11.3 Å². The first-order valence-corrected chi connectivity index (χ1v) is 10.9. The molecule has 180 valence electrons. The van der Waals surface area contributed by atoms with E-state index >= 15 is 0 Å². The van der Waals surface area contributed by atoms with Crippen molar-refractivity contribution in [1.82, 2.24) is 5.43 Å². The molecule has 8 nitrogen and oxygen atoms in total. The van der Waals surface area contributed by atoms with E-state index in [1.54, 1.807) is 30.3 Å². The molecule has 3 aromatic rings. The van der Waals surface area contributed by atoms with E-state index in [1.165, 1.54) is 30.5 Å². The number of benzene rings is 3. The number of ether oxygens (including phenoxy) is 1. The van der Waals surface area contributed by atoms with Gasteiger partial charge >= 0.3 is 11.8 Å². The average molecular weight is 538 g/mol. The standard InChI is InChI=1S/C23H16Cl3FN4O4/c24-15-5-3-6-18(21(15)26)30-22(33)23(34)31-28-11-13-4-1-2-7-19(13)35-12-20(32)29-14-8-9-17(27)16(25)10-14/h1-11H,12H2,(H,29,32)(H,30,33)(H,31,34)/b28-11-. The minimum absolute atomic E-state index is 0.0939. The molecule has 0 saturated heterocycles. The molecule has 35 heavy (non-hydrogen) atoms. The fourth-order valence-electron chi connectivity index (χ4n) is 2.62. The molecule has 0 fully saturated rings. The highest BCUT2D eigenvalue weighted by Crippen LogP contribution is 2.29. The van der Waals surface area contributed by atoms with Gasteiger partial charge in [0.1, 0.15) is 11.6 Å². The van der Waals surface area contributed by atoms with Crippen LogP contribution in [0.5, 0.6) is 5.75 Å². The summed E-state index contributed by atoms with van der Waals surface area (Å²) in [7, 11) is 0. The zero-order valence-electron chi connectivity index (χ0n) is 17.7. The number of halogens is 4. The number of amides is 3. The molecule has 3 aromatic carbocycles. The van der Waals surface area contributed by atoms with Crippen molar-refractivity contribution in [3.63, 3.8) is 0 Å². The number of rotatable bonds is 7. The number of anilines is 2. The predicted molar refractivity (Wildman–Crippen MR) is 133 cm³/mol. The van der Waals surface area contributed by atoms with Crippen LogP contribution in [0.4, 0.5) is 15.8 Å². The van der Waals surface area contributed by atoms with Gasteiger partial charge in [0.15, 0.2) is 6.61 Å². The largest absolute Gasteiger partial charge is 0.483 e. The highest BCUT2D eigenvalue weighted by Gasteiger charge is 2.15. The lowest BCUT2D eigenvalue weighted by atomic mass is 10.2. The molecule has 0 spiro atoms. The minimum atomic E-state index is -1.05. The Hall–Kier alpha value is -3.66. The molecule has 3 rings (SSSR count). The number of hydrogen-bond donors (Lipinski definition) is 3. The first-order valence-electron chi connectivity index (χ1n) is 9.79. The van der Waals surface area contributed by atoms with E-state index in [0.717, 1.165) is 6.07 Å². The maximum absolute atomic E-state index is 13.2. The molecule has 0 saturated carbocycles. The average Bonchev–Trinajstić information content (AvgIpc) is 2.83. The van der Waals surface area contributed by atoms with Gasteiger partial charge in [-0.25, -0.2) is 9.82 Å². The molecule has 0 aliphatic heterocycles. The molecular weight excluding hydrogens is 522 g/mol. The van der Waals surface area contributed by atoms with Crippen molar-refractivity contribution in [3.05, 3.63) is 87.1 Å². The topological polar surface area (TPSA) is 109 Å². The van der Waals surface area contributed by atoms with Gasteiger partial charge in [0.05, 0.1) is 27.0 Å². The fourth-order valence-corrected chi connectivity index (χ4v) is 3.15. The van der Waals surface area contributed by atoms with Crippen LogP contribution in [-0.4, -0.2) is 30.5 Å². The van der Waals surface area contributed by atoms with Crippen molar-refractivity contribution in [2.24, 2.45) is 5.10 Å². The molecular formula is C23H16Cl3FN4O4. The maximum Gasteiger partial charge on any atom is 0.329 e. The summed E-state index contributed by atoms with van der Waals surface area (Å²) >= 11 is 17.6. The van der Waals surface area contributed by atoms with E-state index in [9.17, 15) is 18.8 Å². The Morgan fingerprint density at radius 2 is 1.69 bits per heavy atom. The Morgan fingerprint density at radius 3 is 2.46 bits per heavy atom. The quantitative estimate of drug-likeness (QED) is 0.226. The number of nitrogens with zero attached hydrogens (tertiary/aromatic N) is 1. The molecule has 3 N–H and O–H groups in total. The number of para-hydroxylation sites is 1. The molecule has 12 heteroatoms. The van der Waals surface area contributed by atoms with Crippen LogP contribution in [0.2, 0.25) is 15.1 Å². The monoisotopic (exact) mass is 536 g/mol. The van der Waals surface area contributed by atoms with Crippen LogP contribution in [0.3, 0.4) is 0 Å². The van der Waals surface area contributed by atoms with Crippen molar-refractivity contribution >= 4 is 70.1 Å². The summed E-state index contributed by atoms with van der Waals surface area (Å²) in [6.07, 6.45) is 1.24. The van der Waals surface area contributed by atoms with Gasteiger partial charge in [0.2, 0.25) is 0 Å². The summed E-state index contributed by atoms with van der Waals surface area (Å²) in [5.41, 5.74) is 2.98. The summed E-state index contributed by atoms with van der Waals surface area (Å²) < 4.78 is 18.7. The number of hydrazone groups is 1. The number of carbonyl (C=O) groups excluding carboxylic acids is 3. The van der Waals surface area contributed by atoms with Gasteiger partial charge in [-0.2, -0.15) is 5.10 Å². The molecule has 0 aliphatic rings. The smallest absolute Gasteiger partial charge is 0.329 e. The zero-order valence-corrected chi connectivity index (χ0v) is 19.9. The summed E-state index contributed by atoms with van der Waals surface area (Å²) in [6, 6.07) is 14.9. The van der Waals surface area contributed by atoms with E-state index in [0.29, 0.717) is 11.3 Å². The molecule has 0 aliphatic carbocycles. The second kappa shape index (κ2) is 12.2. The second-order valence-corrected chi connectivity index (χ2v) is 7.95. The Balaban J connectivity index is 1.55. The normalized spacial score (nSPS) is 10.6. The van der Waals surface area contributed by atoms with Crippen LogP contribution >= 0.6 is 34.8 Å². The van der Waals surface area contributed by atoms with E-state index < -0.39 is 23.5 Å². The Labute approximate surface area is 214 Å². The summed E-state index contributed by atoms with van der Waals surface area (Å²) in [5, 5.41) is 8.79. The van der Waals surface area contributed by atoms with Crippen LogP contribution in [0.25, 0.3) is 0 Å². The third-order valence-corrected chi connectivity index (χ3v) is 5.37. The van der Waals surface area contributed by atoms with E-state index in [2.05, 4.69) is 21.2 Å². The first-order chi connectivity index (χ1) is 16.7. The number of nitrogens with one attached hydrogen (secondary N) is 3. The SMILES string of the molecule is O=C(COc1ccccc1/C=N\NC(=O)C(=O)Nc1cccc(Cl)c1Cl)Nc1ccc(F)c(Cl)c1. The fraction of sp³-hybridized carbons (Fsp3) is 0.0435. The second-order valence-electron chi connectivity index (χ2n) is 6.76. The third kappa shape index (κ3) is 7.41. The van der Waals surface area contributed by atoms with Gasteiger partial charge in [0.25, 0.3) is 5.91 Å². The summed E-state index contributed by atoms with van der Waals surface area (Å²) in [4.78, 5) is 36.2.